The van der Waals surface area contributed by atoms with Crippen LogP contribution in [0.3, 0.4) is 0 Å². The van der Waals surface area contributed by atoms with E-state index in [1.54, 1.807) is 6.20 Å². The lowest BCUT2D eigenvalue weighted by molar-refractivity contribution is 0.917. The third-order valence-corrected chi connectivity index (χ3v) is 1.57. The van der Waals surface area contributed by atoms with Gasteiger partial charge in [-0.2, -0.15) is 5.10 Å². The number of anilines is 1. The summed E-state index contributed by atoms with van der Waals surface area (Å²) in [4.78, 5) is 0. The Bertz CT molecular complexity index is 236. The molecule has 0 atom stereocenters. The van der Waals surface area contributed by atoms with Crippen molar-refractivity contribution in [3.63, 3.8) is 0 Å². The van der Waals surface area contributed by atoms with Crippen molar-refractivity contribution in [2.45, 2.75) is 19.9 Å². The predicted octanol–water partition coefficient (Wildman–Crippen LogP) is 0.757. The van der Waals surface area contributed by atoms with Crippen LogP contribution in [-0.4, -0.2) is 16.7 Å². The van der Waals surface area contributed by atoms with E-state index in [9.17, 15) is 0 Å². The van der Waals surface area contributed by atoms with Gasteiger partial charge in [0.2, 0.25) is 0 Å². The van der Waals surface area contributed by atoms with E-state index in [1.807, 2.05) is 6.07 Å². The minimum atomic E-state index is 0.502. The first-order valence-corrected chi connectivity index (χ1v) is 4.13. The fourth-order valence-electron chi connectivity index (χ4n) is 0.915. The van der Waals surface area contributed by atoms with E-state index in [0.29, 0.717) is 6.54 Å². The molecule has 3 N–H and O–H groups in total. The van der Waals surface area contributed by atoms with Gasteiger partial charge in [-0.1, -0.05) is 6.92 Å². The molecule has 0 aliphatic carbocycles. The smallest absolute Gasteiger partial charge is 0.153 e. The normalized spacial score (nSPS) is 9.83. The Kier molecular flexibility index (Phi) is 3.47. The summed E-state index contributed by atoms with van der Waals surface area (Å²) < 4.78 is 0. The first-order valence-electron chi connectivity index (χ1n) is 4.13. The van der Waals surface area contributed by atoms with Gasteiger partial charge >= 0.3 is 0 Å². The fraction of sp³-hybridized carbons (Fsp3) is 0.500. The van der Waals surface area contributed by atoms with Gasteiger partial charge in [-0.05, 0) is 12.5 Å². The van der Waals surface area contributed by atoms with Crippen molar-refractivity contribution in [3.8, 4) is 0 Å². The number of nitrogens with two attached hydrogens (primary N) is 1. The van der Waals surface area contributed by atoms with Crippen LogP contribution in [0.15, 0.2) is 12.3 Å². The van der Waals surface area contributed by atoms with Crippen molar-refractivity contribution in [1.82, 2.24) is 10.2 Å². The summed E-state index contributed by atoms with van der Waals surface area (Å²) in [5, 5.41) is 10.9. The first-order chi connectivity index (χ1) is 5.88. The van der Waals surface area contributed by atoms with Crippen LogP contribution in [0.2, 0.25) is 0 Å². The van der Waals surface area contributed by atoms with E-state index in [1.165, 1.54) is 0 Å². The lowest BCUT2D eigenvalue weighted by Crippen LogP contribution is -2.08. The number of nitrogens with zero attached hydrogens (tertiary/aromatic N) is 2. The van der Waals surface area contributed by atoms with Gasteiger partial charge in [-0.25, -0.2) is 0 Å². The standard InChI is InChI=1S/C8H14N4/c1-2-4-10-8-7(6-9)3-5-11-12-8/h3,5H,2,4,6,9H2,1H3,(H,10,12). The molecule has 0 bridgehead atoms. The van der Waals surface area contributed by atoms with Gasteiger partial charge in [0.25, 0.3) is 0 Å². The lowest BCUT2D eigenvalue weighted by Gasteiger charge is -2.06. The van der Waals surface area contributed by atoms with Crippen molar-refractivity contribution in [1.29, 1.82) is 0 Å². The van der Waals surface area contributed by atoms with Crippen LogP contribution < -0.4 is 11.1 Å². The Balaban J connectivity index is 2.68. The minimum absolute atomic E-state index is 0.502. The highest BCUT2D eigenvalue weighted by atomic mass is 15.2. The first kappa shape index (κ1) is 8.93. The Morgan fingerprint density at radius 2 is 2.42 bits per heavy atom. The molecule has 1 heterocycles. The average molecular weight is 166 g/mol. The molecule has 0 aliphatic heterocycles. The molecule has 12 heavy (non-hydrogen) atoms. The van der Waals surface area contributed by atoms with Gasteiger partial charge in [0.05, 0.1) is 6.20 Å². The molecule has 4 nitrogen and oxygen atoms in total. The van der Waals surface area contributed by atoms with Crippen LogP contribution in [0.4, 0.5) is 5.82 Å². The molecule has 0 saturated heterocycles. The summed E-state index contributed by atoms with van der Waals surface area (Å²) in [6.07, 6.45) is 2.72. The van der Waals surface area contributed by atoms with Crippen LogP contribution >= 0.6 is 0 Å². The molecule has 1 rings (SSSR count). The molecule has 4 heteroatoms. The maximum absolute atomic E-state index is 5.51. The molecule has 0 aromatic carbocycles. The summed E-state index contributed by atoms with van der Waals surface area (Å²) in [7, 11) is 0. The van der Waals surface area contributed by atoms with Gasteiger partial charge in [0, 0.05) is 18.7 Å². The quantitative estimate of drug-likeness (QED) is 0.693. The Morgan fingerprint density at radius 3 is 3.08 bits per heavy atom. The van der Waals surface area contributed by atoms with Crippen molar-refractivity contribution >= 4 is 5.82 Å². The van der Waals surface area contributed by atoms with Crippen LogP contribution in [0.25, 0.3) is 0 Å². The molecule has 0 fully saturated rings. The zero-order chi connectivity index (χ0) is 8.81. The number of aromatic nitrogens is 2. The van der Waals surface area contributed by atoms with E-state index in [2.05, 4.69) is 22.4 Å². The molecule has 0 saturated carbocycles. The maximum atomic E-state index is 5.51. The van der Waals surface area contributed by atoms with E-state index in [4.69, 9.17) is 5.73 Å². The van der Waals surface area contributed by atoms with Gasteiger partial charge in [0.1, 0.15) is 0 Å². The predicted molar refractivity (Wildman–Crippen MR) is 48.7 cm³/mol. The van der Waals surface area contributed by atoms with Crippen LogP contribution in [0.5, 0.6) is 0 Å². The van der Waals surface area contributed by atoms with Gasteiger partial charge in [0.15, 0.2) is 5.82 Å². The van der Waals surface area contributed by atoms with Crippen LogP contribution in [0.1, 0.15) is 18.9 Å². The zero-order valence-corrected chi connectivity index (χ0v) is 7.25. The Labute approximate surface area is 72.2 Å². The number of hydrogen-bond donors (Lipinski definition) is 2. The molecule has 0 unspecified atom stereocenters. The van der Waals surface area contributed by atoms with E-state index in [-0.39, 0.29) is 0 Å². The molecule has 1 aromatic heterocycles. The monoisotopic (exact) mass is 166 g/mol. The van der Waals surface area contributed by atoms with E-state index < -0.39 is 0 Å². The third kappa shape index (κ3) is 2.17. The van der Waals surface area contributed by atoms with Gasteiger partial charge in [-0.3, -0.25) is 0 Å². The van der Waals surface area contributed by atoms with Crippen LogP contribution in [0, 0.1) is 0 Å². The largest absolute Gasteiger partial charge is 0.368 e. The topological polar surface area (TPSA) is 63.8 Å². The van der Waals surface area contributed by atoms with Crippen molar-refractivity contribution in [2.75, 3.05) is 11.9 Å². The SMILES string of the molecule is CCCNc1nnccc1CN. The Morgan fingerprint density at radius 1 is 1.58 bits per heavy atom. The summed E-state index contributed by atoms with van der Waals surface area (Å²) in [5.41, 5.74) is 6.53. The Hall–Kier alpha value is -1.16. The van der Waals surface area contributed by atoms with E-state index >= 15 is 0 Å². The van der Waals surface area contributed by atoms with Gasteiger partial charge in [-0.15, -0.1) is 5.10 Å². The number of rotatable bonds is 4. The second-order valence-corrected chi connectivity index (χ2v) is 2.54. The minimum Gasteiger partial charge on any atom is -0.368 e. The lowest BCUT2D eigenvalue weighted by atomic mass is 10.3. The summed E-state index contributed by atoms with van der Waals surface area (Å²) in [5.74, 6) is 0.807. The second kappa shape index (κ2) is 4.66. The highest BCUT2D eigenvalue weighted by Gasteiger charge is 1.99. The number of hydrogen-bond acceptors (Lipinski definition) is 4. The second-order valence-electron chi connectivity index (χ2n) is 2.54. The molecule has 0 amide bonds. The fourth-order valence-corrected chi connectivity index (χ4v) is 0.915. The highest BCUT2D eigenvalue weighted by Crippen LogP contribution is 2.08. The van der Waals surface area contributed by atoms with Crippen molar-refractivity contribution < 1.29 is 0 Å². The molecule has 0 aliphatic rings. The highest BCUT2D eigenvalue weighted by molar-refractivity contribution is 5.41. The summed E-state index contributed by atoms with van der Waals surface area (Å²) in [6, 6.07) is 1.88. The van der Waals surface area contributed by atoms with Crippen molar-refractivity contribution in [2.24, 2.45) is 5.73 Å². The molecule has 1 aromatic rings. The summed E-state index contributed by atoms with van der Waals surface area (Å²) in [6.45, 7) is 3.51. The summed E-state index contributed by atoms with van der Waals surface area (Å²) >= 11 is 0. The molecular weight excluding hydrogens is 152 g/mol. The van der Waals surface area contributed by atoms with Crippen LogP contribution in [-0.2, 0) is 6.54 Å². The third-order valence-electron chi connectivity index (χ3n) is 1.57. The molecular formula is C8H14N4. The zero-order valence-electron chi connectivity index (χ0n) is 7.25. The van der Waals surface area contributed by atoms with Crippen molar-refractivity contribution in [3.05, 3.63) is 17.8 Å². The van der Waals surface area contributed by atoms with E-state index in [0.717, 1.165) is 24.3 Å². The molecule has 0 spiro atoms. The van der Waals surface area contributed by atoms with Gasteiger partial charge < -0.3 is 11.1 Å². The number of nitrogens with one attached hydrogen (secondary N) is 1. The average Bonchev–Trinajstić information content (AvgIpc) is 2.15. The maximum Gasteiger partial charge on any atom is 0.153 e. The molecule has 0 radical (unpaired) electrons. The molecule has 66 valence electrons.